The van der Waals surface area contributed by atoms with Crippen LogP contribution in [-0.2, 0) is 0 Å². The molecule has 1 unspecified atom stereocenters. The van der Waals surface area contributed by atoms with Crippen LogP contribution in [0.4, 0.5) is 8.78 Å². The Morgan fingerprint density at radius 3 is 2.62 bits per heavy atom. The molecule has 0 bridgehead atoms. The van der Waals surface area contributed by atoms with Gasteiger partial charge in [0, 0.05) is 17.7 Å². The van der Waals surface area contributed by atoms with Crippen LogP contribution in [0.15, 0.2) is 42.5 Å². The van der Waals surface area contributed by atoms with Gasteiger partial charge in [-0.25, -0.2) is 18.3 Å². The third kappa shape index (κ3) is 3.16. The van der Waals surface area contributed by atoms with Gasteiger partial charge in [-0.3, -0.25) is 4.79 Å². The van der Waals surface area contributed by atoms with Gasteiger partial charge in [-0.15, -0.1) is 0 Å². The van der Waals surface area contributed by atoms with Gasteiger partial charge in [0.05, 0.1) is 6.04 Å². The Kier molecular flexibility index (Phi) is 4.14. The highest BCUT2D eigenvalue weighted by atomic mass is 19.3. The number of nitrogens with zero attached hydrogens (tertiary/aromatic N) is 3. The van der Waals surface area contributed by atoms with E-state index in [1.165, 1.54) is 12.1 Å². The lowest BCUT2D eigenvalue weighted by molar-refractivity contribution is 0.0933. The first-order chi connectivity index (χ1) is 12.5. The number of nitrogens with one attached hydrogen (secondary N) is 1. The molecule has 0 aliphatic heterocycles. The van der Waals surface area contributed by atoms with Crippen LogP contribution < -0.4 is 5.32 Å². The van der Waals surface area contributed by atoms with Crippen LogP contribution in [0.2, 0.25) is 0 Å². The van der Waals surface area contributed by atoms with Crippen molar-refractivity contribution >= 4 is 11.6 Å². The first kappa shape index (κ1) is 16.6. The minimum Gasteiger partial charge on any atom is -0.344 e. The van der Waals surface area contributed by atoms with Crippen molar-refractivity contribution in [3.05, 3.63) is 65.1 Å². The third-order valence-electron chi connectivity index (χ3n) is 4.57. The number of alkyl halides is 2. The Labute approximate surface area is 149 Å². The van der Waals surface area contributed by atoms with E-state index in [1.54, 1.807) is 0 Å². The predicted octanol–water partition coefficient (Wildman–Crippen LogP) is 4.04. The van der Waals surface area contributed by atoms with Crippen LogP contribution in [-0.4, -0.2) is 20.5 Å². The van der Waals surface area contributed by atoms with Crippen molar-refractivity contribution in [1.29, 1.82) is 0 Å². The summed E-state index contributed by atoms with van der Waals surface area (Å²) >= 11 is 0. The monoisotopic (exact) mass is 356 g/mol. The molecule has 1 saturated carbocycles. The number of amides is 1. The van der Waals surface area contributed by atoms with Crippen LogP contribution >= 0.6 is 0 Å². The highest BCUT2D eigenvalue weighted by Crippen LogP contribution is 2.40. The zero-order valence-corrected chi connectivity index (χ0v) is 14.2. The van der Waals surface area contributed by atoms with Gasteiger partial charge in [0.2, 0.25) is 0 Å². The summed E-state index contributed by atoms with van der Waals surface area (Å²) in [7, 11) is 0. The van der Waals surface area contributed by atoms with Gasteiger partial charge in [-0.05, 0) is 31.4 Å². The van der Waals surface area contributed by atoms with Crippen molar-refractivity contribution < 1.29 is 13.6 Å². The molecule has 4 rings (SSSR count). The van der Waals surface area contributed by atoms with E-state index in [-0.39, 0.29) is 29.0 Å². The molecule has 134 valence electrons. The van der Waals surface area contributed by atoms with Crippen molar-refractivity contribution in [1.82, 2.24) is 19.9 Å². The molecular formula is C19H18F2N4O. The first-order valence-electron chi connectivity index (χ1n) is 8.57. The highest BCUT2D eigenvalue weighted by Gasteiger charge is 2.28. The van der Waals surface area contributed by atoms with Gasteiger partial charge >= 0.3 is 0 Å². The smallest absolute Gasteiger partial charge is 0.280 e. The van der Waals surface area contributed by atoms with Crippen molar-refractivity contribution in [3.63, 3.8) is 0 Å². The Morgan fingerprint density at radius 1 is 1.23 bits per heavy atom. The number of fused-ring (bicyclic) bond motifs is 1. The Balaban J connectivity index is 1.64. The molecule has 3 aromatic rings. The molecule has 1 aliphatic carbocycles. The topological polar surface area (TPSA) is 59.3 Å². The molecule has 0 radical (unpaired) electrons. The summed E-state index contributed by atoms with van der Waals surface area (Å²) in [4.78, 5) is 16.9. The van der Waals surface area contributed by atoms with Crippen LogP contribution in [0, 0.1) is 0 Å². The van der Waals surface area contributed by atoms with Crippen LogP contribution in [0.3, 0.4) is 0 Å². The molecule has 0 saturated heterocycles. The first-order valence-corrected chi connectivity index (χ1v) is 8.57. The fraction of sp³-hybridized carbons (Fsp3) is 0.316. The molecule has 2 aromatic heterocycles. The summed E-state index contributed by atoms with van der Waals surface area (Å²) in [5.74, 6) is -0.178. The maximum atomic E-state index is 13.4. The third-order valence-corrected chi connectivity index (χ3v) is 4.57. The maximum Gasteiger partial charge on any atom is 0.280 e. The maximum absolute atomic E-state index is 13.4. The normalized spacial score (nSPS) is 15.4. The van der Waals surface area contributed by atoms with E-state index in [4.69, 9.17) is 0 Å². The average Bonchev–Trinajstić information content (AvgIpc) is 3.40. The molecule has 1 N–H and O–H groups in total. The summed E-state index contributed by atoms with van der Waals surface area (Å²) in [5.41, 5.74) is 1.73. The van der Waals surface area contributed by atoms with Gasteiger partial charge < -0.3 is 5.32 Å². The molecular weight excluding hydrogens is 338 g/mol. The summed E-state index contributed by atoms with van der Waals surface area (Å²) in [5, 5.41) is 6.91. The van der Waals surface area contributed by atoms with Crippen LogP contribution in [0.25, 0.3) is 5.65 Å². The number of halogens is 2. The van der Waals surface area contributed by atoms with E-state index in [0.29, 0.717) is 5.69 Å². The largest absolute Gasteiger partial charge is 0.344 e. The van der Waals surface area contributed by atoms with Crippen molar-refractivity contribution in [2.24, 2.45) is 0 Å². The Bertz CT molecular complexity index is 951. The van der Waals surface area contributed by atoms with Crippen molar-refractivity contribution in [3.8, 4) is 0 Å². The van der Waals surface area contributed by atoms with E-state index in [1.807, 2.05) is 37.3 Å². The predicted molar refractivity (Wildman–Crippen MR) is 92.2 cm³/mol. The van der Waals surface area contributed by atoms with Gasteiger partial charge in [0.25, 0.3) is 12.3 Å². The number of hydrogen-bond donors (Lipinski definition) is 1. The number of carbonyl (C=O) groups is 1. The van der Waals surface area contributed by atoms with Gasteiger partial charge in [-0.1, -0.05) is 30.3 Å². The highest BCUT2D eigenvalue weighted by molar-refractivity contribution is 5.93. The Hall–Kier alpha value is -2.83. The number of benzene rings is 1. The van der Waals surface area contributed by atoms with E-state index < -0.39 is 12.3 Å². The summed E-state index contributed by atoms with van der Waals surface area (Å²) in [6, 6.07) is 12.1. The van der Waals surface area contributed by atoms with E-state index in [2.05, 4.69) is 15.4 Å². The quantitative estimate of drug-likeness (QED) is 0.751. The molecule has 5 nitrogen and oxygen atoms in total. The summed E-state index contributed by atoms with van der Waals surface area (Å²) < 4.78 is 27.9. The average molecular weight is 356 g/mol. The fourth-order valence-electron chi connectivity index (χ4n) is 2.97. The standard InChI is InChI=1S/C19H18F2N4O/c1-11(12-5-3-2-4-6-12)22-19(26)15-10-17-23-14(13-7-8-13)9-16(18(20)21)25(17)24-15/h2-6,9-11,13,18H,7-8H2,1H3,(H,22,26). The SMILES string of the molecule is CC(NC(=O)c1cc2nc(C3CC3)cc(C(F)F)n2n1)c1ccccc1. The lowest BCUT2D eigenvalue weighted by Gasteiger charge is -2.13. The summed E-state index contributed by atoms with van der Waals surface area (Å²) in [6.45, 7) is 1.86. The number of hydrogen-bond acceptors (Lipinski definition) is 3. The molecule has 26 heavy (non-hydrogen) atoms. The zero-order chi connectivity index (χ0) is 18.3. The molecule has 1 aliphatic rings. The summed E-state index contributed by atoms with van der Waals surface area (Å²) in [6.07, 6.45) is -0.763. The molecule has 0 spiro atoms. The minimum absolute atomic E-state index is 0.0788. The molecule has 1 aromatic carbocycles. The Morgan fingerprint density at radius 2 is 1.96 bits per heavy atom. The van der Waals surface area contributed by atoms with Gasteiger partial charge in [0.1, 0.15) is 5.69 Å². The second-order valence-corrected chi connectivity index (χ2v) is 6.59. The molecule has 1 fully saturated rings. The lowest BCUT2D eigenvalue weighted by Crippen LogP contribution is -2.27. The molecule has 1 atom stereocenters. The number of aromatic nitrogens is 3. The van der Waals surface area contributed by atoms with E-state index >= 15 is 0 Å². The number of rotatable bonds is 5. The minimum atomic E-state index is -2.68. The van der Waals surface area contributed by atoms with Crippen LogP contribution in [0.5, 0.6) is 0 Å². The second-order valence-electron chi connectivity index (χ2n) is 6.59. The van der Waals surface area contributed by atoms with Gasteiger partial charge in [-0.2, -0.15) is 5.10 Å². The molecule has 1 amide bonds. The number of carbonyl (C=O) groups excluding carboxylic acids is 1. The van der Waals surface area contributed by atoms with Crippen LogP contribution in [0.1, 0.15) is 65.6 Å². The van der Waals surface area contributed by atoms with Gasteiger partial charge in [0.15, 0.2) is 11.3 Å². The van der Waals surface area contributed by atoms with E-state index in [0.717, 1.165) is 22.9 Å². The molecule has 2 heterocycles. The second kappa shape index (κ2) is 6.48. The lowest BCUT2D eigenvalue weighted by atomic mass is 10.1. The van der Waals surface area contributed by atoms with Crippen molar-refractivity contribution in [2.45, 2.75) is 38.2 Å². The molecule has 7 heteroatoms. The fourth-order valence-corrected chi connectivity index (χ4v) is 2.97. The van der Waals surface area contributed by atoms with E-state index in [9.17, 15) is 13.6 Å². The van der Waals surface area contributed by atoms with Crippen molar-refractivity contribution in [2.75, 3.05) is 0 Å². The zero-order valence-electron chi connectivity index (χ0n) is 14.2.